The van der Waals surface area contributed by atoms with E-state index in [-0.39, 0.29) is 6.04 Å². The molecule has 1 atom stereocenters. The lowest BCUT2D eigenvalue weighted by atomic mass is 10.1. The Hall–Kier alpha value is -1.82. The van der Waals surface area contributed by atoms with Gasteiger partial charge in [0.25, 0.3) is 0 Å². The Balaban J connectivity index is 1.64. The molecule has 1 N–H and O–H groups in total. The van der Waals surface area contributed by atoms with Gasteiger partial charge in [-0.25, -0.2) is 0 Å². The summed E-state index contributed by atoms with van der Waals surface area (Å²) in [5, 5.41) is 3.58. The van der Waals surface area contributed by atoms with Crippen LogP contribution in [-0.2, 0) is 11.3 Å². The summed E-state index contributed by atoms with van der Waals surface area (Å²) >= 11 is 0. The van der Waals surface area contributed by atoms with Crippen LogP contribution in [0.15, 0.2) is 40.8 Å². The molecule has 5 heteroatoms. The van der Waals surface area contributed by atoms with E-state index in [0.717, 1.165) is 56.7 Å². The molecule has 0 amide bonds. The molecule has 1 aliphatic rings. The van der Waals surface area contributed by atoms with Crippen LogP contribution in [0.5, 0.6) is 5.75 Å². The molecule has 1 aliphatic heterocycles. The molecule has 136 valence electrons. The molecule has 1 unspecified atom stereocenters. The highest BCUT2D eigenvalue weighted by Gasteiger charge is 2.24. The van der Waals surface area contributed by atoms with Crippen molar-refractivity contribution in [3.63, 3.8) is 0 Å². The van der Waals surface area contributed by atoms with E-state index in [1.165, 1.54) is 5.56 Å². The number of nitrogens with one attached hydrogen (secondary N) is 1. The van der Waals surface area contributed by atoms with Gasteiger partial charge >= 0.3 is 0 Å². The number of rotatable bonds is 8. The maximum Gasteiger partial charge on any atom is 0.123 e. The molecule has 25 heavy (non-hydrogen) atoms. The standard InChI is InChI=1S/C20H28N2O3/c1-3-24-19-7-5-4-6-17(19)14-21-15-18(20-9-8-16(2)25-20)22-10-12-23-13-11-22/h4-9,18,21H,3,10-15H2,1-2H3. The maximum absolute atomic E-state index is 5.92. The molecule has 0 radical (unpaired) electrons. The van der Waals surface area contributed by atoms with Crippen molar-refractivity contribution >= 4 is 0 Å². The number of ether oxygens (including phenoxy) is 2. The normalized spacial score (nSPS) is 16.7. The Labute approximate surface area is 149 Å². The Kier molecular flexibility index (Phi) is 6.50. The van der Waals surface area contributed by atoms with Gasteiger partial charge in [-0.2, -0.15) is 0 Å². The Morgan fingerprint density at radius 3 is 2.68 bits per heavy atom. The molecule has 5 nitrogen and oxygen atoms in total. The Bertz CT molecular complexity index is 650. The number of benzene rings is 1. The zero-order valence-corrected chi connectivity index (χ0v) is 15.2. The largest absolute Gasteiger partial charge is 0.494 e. The van der Waals surface area contributed by atoms with Crippen LogP contribution in [0.1, 0.15) is 30.0 Å². The van der Waals surface area contributed by atoms with Crippen LogP contribution < -0.4 is 10.1 Å². The van der Waals surface area contributed by atoms with Crippen molar-refractivity contribution in [2.75, 3.05) is 39.5 Å². The van der Waals surface area contributed by atoms with Crippen LogP contribution in [0.25, 0.3) is 0 Å². The van der Waals surface area contributed by atoms with E-state index in [1.54, 1.807) is 0 Å². The van der Waals surface area contributed by atoms with Gasteiger partial charge in [0.2, 0.25) is 0 Å². The molecule has 2 heterocycles. The summed E-state index contributed by atoms with van der Waals surface area (Å²) < 4.78 is 17.1. The highest BCUT2D eigenvalue weighted by atomic mass is 16.5. The number of para-hydroxylation sites is 1. The van der Waals surface area contributed by atoms with Crippen molar-refractivity contribution in [1.29, 1.82) is 0 Å². The van der Waals surface area contributed by atoms with Gasteiger partial charge in [0.05, 0.1) is 25.9 Å². The Morgan fingerprint density at radius 1 is 1.16 bits per heavy atom. The average Bonchev–Trinajstić information content (AvgIpc) is 3.07. The number of furan rings is 1. The Morgan fingerprint density at radius 2 is 1.96 bits per heavy atom. The smallest absolute Gasteiger partial charge is 0.123 e. The lowest BCUT2D eigenvalue weighted by Crippen LogP contribution is -2.42. The van der Waals surface area contributed by atoms with Crippen LogP contribution in [0.2, 0.25) is 0 Å². The molecule has 0 bridgehead atoms. The first-order valence-electron chi connectivity index (χ1n) is 9.07. The lowest BCUT2D eigenvalue weighted by molar-refractivity contribution is 0.0115. The first-order chi connectivity index (χ1) is 12.3. The van der Waals surface area contributed by atoms with Crippen molar-refractivity contribution in [2.24, 2.45) is 0 Å². The molecule has 1 aromatic carbocycles. The van der Waals surface area contributed by atoms with Crippen molar-refractivity contribution in [2.45, 2.75) is 26.4 Å². The minimum atomic E-state index is 0.219. The van der Waals surface area contributed by atoms with E-state index in [2.05, 4.69) is 28.4 Å². The maximum atomic E-state index is 5.92. The first kappa shape index (κ1) is 18.0. The summed E-state index contributed by atoms with van der Waals surface area (Å²) in [6, 6.07) is 12.5. The third-order valence-electron chi connectivity index (χ3n) is 4.50. The summed E-state index contributed by atoms with van der Waals surface area (Å²) in [7, 11) is 0. The molecule has 1 aromatic heterocycles. The molecule has 1 fully saturated rings. The SMILES string of the molecule is CCOc1ccccc1CNCC(c1ccc(C)o1)N1CCOCC1. The molecule has 0 saturated carbocycles. The van der Waals surface area contributed by atoms with Crippen LogP contribution >= 0.6 is 0 Å². The van der Waals surface area contributed by atoms with Gasteiger partial charge < -0.3 is 19.2 Å². The number of nitrogens with zero attached hydrogens (tertiary/aromatic N) is 1. The average molecular weight is 344 g/mol. The van der Waals surface area contributed by atoms with E-state index in [1.807, 2.05) is 32.0 Å². The van der Waals surface area contributed by atoms with Crippen molar-refractivity contribution in [3.8, 4) is 5.75 Å². The van der Waals surface area contributed by atoms with E-state index < -0.39 is 0 Å². The van der Waals surface area contributed by atoms with Crippen LogP contribution in [0.3, 0.4) is 0 Å². The highest BCUT2D eigenvalue weighted by Crippen LogP contribution is 2.24. The summed E-state index contributed by atoms with van der Waals surface area (Å²) in [5.41, 5.74) is 1.18. The van der Waals surface area contributed by atoms with Gasteiger partial charge in [0, 0.05) is 31.7 Å². The molecule has 0 spiro atoms. The van der Waals surface area contributed by atoms with Crippen molar-refractivity contribution in [3.05, 3.63) is 53.5 Å². The summed E-state index contributed by atoms with van der Waals surface area (Å²) in [6.45, 7) is 9.71. The summed E-state index contributed by atoms with van der Waals surface area (Å²) in [4.78, 5) is 2.43. The van der Waals surface area contributed by atoms with E-state index >= 15 is 0 Å². The molecule has 1 saturated heterocycles. The molecule has 2 aromatic rings. The monoisotopic (exact) mass is 344 g/mol. The third-order valence-corrected chi connectivity index (χ3v) is 4.50. The second-order valence-electron chi connectivity index (χ2n) is 6.28. The van der Waals surface area contributed by atoms with E-state index in [4.69, 9.17) is 13.9 Å². The number of morpholine rings is 1. The van der Waals surface area contributed by atoms with Crippen LogP contribution in [0.4, 0.5) is 0 Å². The fraction of sp³-hybridized carbons (Fsp3) is 0.500. The predicted octanol–water partition coefficient (Wildman–Crippen LogP) is 3.15. The molecular weight excluding hydrogens is 316 g/mol. The third kappa shape index (κ3) is 4.84. The number of aryl methyl sites for hydroxylation is 1. The molecule has 3 rings (SSSR count). The lowest BCUT2D eigenvalue weighted by Gasteiger charge is -2.33. The van der Waals surface area contributed by atoms with E-state index in [9.17, 15) is 0 Å². The first-order valence-corrected chi connectivity index (χ1v) is 9.07. The van der Waals surface area contributed by atoms with Gasteiger partial charge in [0.1, 0.15) is 17.3 Å². The number of hydrogen-bond acceptors (Lipinski definition) is 5. The van der Waals surface area contributed by atoms with Crippen molar-refractivity contribution in [1.82, 2.24) is 10.2 Å². The second kappa shape index (κ2) is 9.04. The van der Waals surface area contributed by atoms with Crippen molar-refractivity contribution < 1.29 is 13.9 Å². The highest BCUT2D eigenvalue weighted by molar-refractivity contribution is 5.33. The number of hydrogen-bond donors (Lipinski definition) is 1. The fourth-order valence-corrected chi connectivity index (χ4v) is 3.22. The minimum Gasteiger partial charge on any atom is -0.494 e. The fourth-order valence-electron chi connectivity index (χ4n) is 3.22. The van der Waals surface area contributed by atoms with E-state index in [0.29, 0.717) is 6.61 Å². The zero-order chi connectivity index (χ0) is 17.5. The van der Waals surface area contributed by atoms with Gasteiger partial charge in [-0.1, -0.05) is 18.2 Å². The topological polar surface area (TPSA) is 46.9 Å². The second-order valence-corrected chi connectivity index (χ2v) is 6.28. The summed E-state index contributed by atoms with van der Waals surface area (Å²) in [6.07, 6.45) is 0. The summed E-state index contributed by atoms with van der Waals surface area (Å²) in [5.74, 6) is 2.93. The zero-order valence-electron chi connectivity index (χ0n) is 15.2. The van der Waals surface area contributed by atoms with Crippen LogP contribution in [-0.4, -0.2) is 44.4 Å². The van der Waals surface area contributed by atoms with Gasteiger partial charge in [-0.15, -0.1) is 0 Å². The molecule has 0 aliphatic carbocycles. The van der Waals surface area contributed by atoms with Crippen LogP contribution in [0, 0.1) is 6.92 Å². The quantitative estimate of drug-likeness (QED) is 0.797. The predicted molar refractivity (Wildman–Crippen MR) is 97.9 cm³/mol. The molecular formula is C20H28N2O3. The van der Waals surface area contributed by atoms with Gasteiger partial charge in [-0.05, 0) is 32.0 Å². The van der Waals surface area contributed by atoms with Gasteiger partial charge in [-0.3, -0.25) is 4.90 Å². The minimum absolute atomic E-state index is 0.219. The van der Waals surface area contributed by atoms with Gasteiger partial charge in [0.15, 0.2) is 0 Å².